The topological polar surface area (TPSA) is 70.4 Å². The Balaban J connectivity index is 1.52. The number of benzene rings is 1. The fraction of sp³-hybridized carbons (Fsp3) is 0.545. The van der Waals surface area contributed by atoms with Crippen LogP contribution in [0.1, 0.15) is 54.7 Å². The molecule has 0 spiro atoms. The van der Waals surface area contributed by atoms with Gasteiger partial charge in [0.25, 0.3) is 5.91 Å². The summed E-state index contributed by atoms with van der Waals surface area (Å²) in [6.07, 6.45) is 8.41. The van der Waals surface area contributed by atoms with Gasteiger partial charge in [-0.2, -0.15) is 5.10 Å². The third-order valence-electron chi connectivity index (χ3n) is 6.80. The minimum Gasteiger partial charge on any atom is -0.301 e. The number of likely N-dealkylation sites (tertiary alicyclic amines) is 1. The maximum absolute atomic E-state index is 14.2. The predicted octanol–water partition coefficient (Wildman–Crippen LogP) is 3.14. The highest BCUT2D eigenvalue weighted by atomic mass is 19.1. The Morgan fingerprint density at radius 3 is 2.90 bits per heavy atom. The quantitative estimate of drug-likeness (QED) is 0.577. The number of nitrogens with one attached hydrogen (secondary N) is 1. The Labute approximate surface area is 170 Å². The second-order valence-electron chi connectivity index (χ2n) is 8.46. The van der Waals surface area contributed by atoms with Crippen LogP contribution in [0.4, 0.5) is 4.39 Å². The summed E-state index contributed by atoms with van der Waals surface area (Å²) < 4.78 is 16.2. The van der Waals surface area contributed by atoms with Crippen LogP contribution >= 0.6 is 0 Å². The van der Waals surface area contributed by atoms with Gasteiger partial charge in [0.1, 0.15) is 5.82 Å². The van der Waals surface area contributed by atoms with E-state index in [2.05, 4.69) is 16.2 Å². The lowest BCUT2D eigenvalue weighted by molar-refractivity contribution is -0.135. The van der Waals surface area contributed by atoms with E-state index in [1.807, 2.05) is 16.4 Å². The number of hydroxylamine groups is 1. The first-order valence-corrected chi connectivity index (χ1v) is 10.5. The summed E-state index contributed by atoms with van der Waals surface area (Å²) in [4.78, 5) is 15.2. The highest BCUT2D eigenvalue weighted by Gasteiger charge is 2.48. The number of carbonyl (C=O) groups is 1. The Kier molecular flexibility index (Phi) is 5.69. The van der Waals surface area contributed by atoms with E-state index in [1.54, 1.807) is 19.1 Å². The normalized spacial score (nSPS) is 24.9. The standard InChI is InChI=1S/C22H29FN4O2/c1-16-19(5-4-6-20(16)23)22(21(28)25-29)8-7-17(13-22)18-14-24-27(15-18)12-11-26-9-2-3-10-26/h4-6,14-15,17,29H,2-3,7-13H2,1H3,(H,25,28)/t17?,22-/m0/s1. The first-order valence-electron chi connectivity index (χ1n) is 10.5. The maximum Gasteiger partial charge on any atom is 0.254 e. The molecule has 4 rings (SSSR count). The summed E-state index contributed by atoms with van der Waals surface area (Å²) in [5.74, 6) is -0.642. The van der Waals surface area contributed by atoms with Crippen LogP contribution in [0, 0.1) is 12.7 Å². The first kappa shape index (κ1) is 20.0. The maximum atomic E-state index is 14.2. The molecule has 2 aliphatic rings. The molecule has 0 radical (unpaired) electrons. The van der Waals surface area contributed by atoms with Gasteiger partial charge in [0, 0.05) is 12.7 Å². The third kappa shape index (κ3) is 3.81. The molecular weight excluding hydrogens is 371 g/mol. The molecule has 2 fully saturated rings. The van der Waals surface area contributed by atoms with Crippen molar-refractivity contribution >= 4 is 5.91 Å². The van der Waals surface area contributed by atoms with Crippen molar-refractivity contribution in [3.63, 3.8) is 0 Å². The van der Waals surface area contributed by atoms with Crippen molar-refractivity contribution in [2.24, 2.45) is 0 Å². The van der Waals surface area contributed by atoms with E-state index in [0.29, 0.717) is 24.0 Å². The van der Waals surface area contributed by atoms with Crippen molar-refractivity contribution in [1.82, 2.24) is 20.2 Å². The summed E-state index contributed by atoms with van der Waals surface area (Å²) >= 11 is 0. The van der Waals surface area contributed by atoms with E-state index in [0.717, 1.165) is 25.1 Å². The predicted molar refractivity (Wildman–Crippen MR) is 107 cm³/mol. The molecule has 2 aromatic rings. The van der Waals surface area contributed by atoms with Gasteiger partial charge in [-0.15, -0.1) is 0 Å². The molecule has 0 bridgehead atoms. The smallest absolute Gasteiger partial charge is 0.254 e. The van der Waals surface area contributed by atoms with Crippen LogP contribution < -0.4 is 5.48 Å². The van der Waals surface area contributed by atoms with Crippen molar-refractivity contribution in [3.05, 3.63) is 53.1 Å². The molecule has 2 N–H and O–H groups in total. The van der Waals surface area contributed by atoms with Crippen LogP contribution in [0.5, 0.6) is 0 Å². The minimum atomic E-state index is -0.927. The van der Waals surface area contributed by atoms with Gasteiger partial charge < -0.3 is 4.90 Å². The Morgan fingerprint density at radius 1 is 1.34 bits per heavy atom. The van der Waals surface area contributed by atoms with E-state index < -0.39 is 11.3 Å². The molecule has 6 nitrogen and oxygen atoms in total. The zero-order valence-electron chi connectivity index (χ0n) is 16.9. The zero-order valence-corrected chi connectivity index (χ0v) is 16.9. The van der Waals surface area contributed by atoms with E-state index in [4.69, 9.17) is 0 Å². The number of rotatable bonds is 6. The monoisotopic (exact) mass is 400 g/mol. The highest BCUT2D eigenvalue weighted by Crippen LogP contribution is 2.49. The van der Waals surface area contributed by atoms with Crippen molar-refractivity contribution in [3.8, 4) is 0 Å². The largest absolute Gasteiger partial charge is 0.301 e. The molecule has 7 heteroatoms. The van der Waals surface area contributed by atoms with Gasteiger partial charge in [-0.25, -0.2) is 9.87 Å². The van der Waals surface area contributed by atoms with Gasteiger partial charge in [-0.1, -0.05) is 12.1 Å². The minimum absolute atomic E-state index is 0.149. The summed E-state index contributed by atoms with van der Waals surface area (Å²) in [6, 6.07) is 4.84. The number of amides is 1. The number of nitrogens with zero attached hydrogens (tertiary/aromatic N) is 3. The van der Waals surface area contributed by atoms with Crippen LogP contribution in [0.15, 0.2) is 30.6 Å². The Morgan fingerprint density at radius 2 is 2.14 bits per heavy atom. The average molecular weight is 400 g/mol. The second kappa shape index (κ2) is 8.24. The van der Waals surface area contributed by atoms with Crippen LogP contribution in [-0.4, -0.2) is 45.4 Å². The van der Waals surface area contributed by atoms with Gasteiger partial charge in [-0.05, 0) is 80.8 Å². The van der Waals surface area contributed by atoms with Crippen LogP contribution in [0.3, 0.4) is 0 Å². The van der Waals surface area contributed by atoms with Crippen molar-refractivity contribution in [1.29, 1.82) is 0 Å². The molecule has 1 saturated heterocycles. The molecule has 1 aliphatic carbocycles. The molecule has 1 amide bonds. The van der Waals surface area contributed by atoms with Crippen molar-refractivity contribution in [2.45, 2.75) is 56.9 Å². The number of hydrogen-bond acceptors (Lipinski definition) is 4. The first-order chi connectivity index (χ1) is 14.0. The number of hydrogen-bond donors (Lipinski definition) is 2. The summed E-state index contributed by atoms with van der Waals surface area (Å²) in [6.45, 7) is 5.90. The molecule has 1 aromatic heterocycles. The fourth-order valence-corrected chi connectivity index (χ4v) is 5.10. The molecule has 2 atom stereocenters. The molecular formula is C22H29FN4O2. The van der Waals surface area contributed by atoms with E-state index in [1.165, 1.54) is 32.0 Å². The van der Waals surface area contributed by atoms with Gasteiger partial charge in [0.05, 0.1) is 18.2 Å². The zero-order chi connectivity index (χ0) is 20.4. The number of halogens is 1. The lowest BCUT2D eigenvalue weighted by Gasteiger charge is -2.29. The summed E-state index contributed by atoms with van der Waals surface area (Å²) in [7, 11) is 0. The van der Waals surface area contributed by atoms with Crippen LogP contribution in [-0.2, 0) is 16.8 Å². The third-order valence-corrected chi connectivity index (χ3v) is 6.80. The fourth-order valence-electron chi connectivity index (χ4n) is 5.10. The molecule has 1 aromatic carbocycles. The Hall–Kier alpha value is -2.25. The molecule has 1 unspecified atom stereocenters. The lowest BCUT2D eigenvalue weighted by Crippen LogP contribution is -2.42. The summed E-state index contributed by atoms with van der Waals surface area (Å²) in [5, 5.41) is 13.9. The second-order valence-corrected chi connectivity index (χ2v) is 8.46. The number of carbonyl (C=O) groups excluding carboxylic acids is 1. The lowest BCUT2D eigenvalue weighted by atomic mass is 9.75. The molecule has 2 heterocycles. The molecule has 29 heavy (non-hydrogen) atoms. The average Bonchev–Trinajstić information content (AvgIpc) is 3.48. The SMILES string of the molecule is Cc1c(F)cccc1[C@]1(C(=O)NO)CCC(c2cnn(CCN3CCCC3)c2)C1. The van der Waals surface area contributed by atoms with E-state index in [-0.39, 0.29) is 11.7 Å². The summed E-state index contributed by atoms with van der Waals surface area (Å²) in [5.41, 5.74) is 3.14. The van der Waals surface area contributed by atoms with Gasteiger partial charge >= 0.3 is 0 Å². The Bertz CT molecular complexity index is 877. The van der Waals surface area contributed by atoms with Crippen LogP contribution in [0.25, 0.3) is 0 Å². The van der Waals surface area contributed by atoms with Crippen molar-refractivity contribution in [2.75, 3.05) is 19.6 Å². The van der Waals surface area contributed by atoms with E-state index >= 15 is 0 Å². The van der Waals surface area contributed by atoms with E-state index in [9.17, 15) is 14.4 Å². The van der Waals surface area contributed by atoms with Crippen LogP contribution in [0.2, 0.25) is 0 Å². The number of aromatic nitrogens is 2. The molecule has 1 saturated carbocycles. The highest BCUT2D eigenvalue weighted by molar-refractivity contribution is 5.88. The van der Waals surface area contributed by atoms with Crippen molar-refractivity contribution < 1.29 is 14.4 Å². The van der Waals surface area contributed by atoms with Gasteiger partial charge in [-0.3, -0.25) is 14.7 Å². The van der Waals surface area contributed by atoms with Gasteiger partial charge in [0.2, 0.25) is 0 Å². The molecule has 156 valence electrons. The molecule has 1 aliphatic heterocycles. The van der Waals surface area contributed by atoms with Gasteiger partial charge in [0.15, 0.2) is 0 Å².